The van der Waals surface area contributed by atoms with E-state index in [-0.39, 0.29) is 35.6 Å². The van der Waals surface area contributed by atoms with Crippen molar-refractivity contribution in [1.29, 1.82) is 0 Å². The third-order valence-corrected chi connectivity index (χ3v) is 12.9. The van der Waals surface area contributed by atoms with Gasteiger partial charge in [0.25, 0.3) is 23.6 Å². The van der Waals surface area contributed by atoms with E-state index in [0.29, 0.717) is 97.9 Å². The van der Waals surface area contributed by atoms with Crippen molar-refractivity contribution >= 4 is 78.7 Å². The summed E-state index contributed by atoms with van der Waals surface area (Å²) in [6.07, 6.45) is 17.8. The minimum absolute atomic E-state index is 0.163. The highest BCUT2D eigenvalue weighted by Gasteiger charge is 2.36. The van der Waals surface area contributed by atoms with Crippen molar-refractivity contribution in [3.05, 3.63) is 70.8 Å². The molecule has 0 saturated heterocycles. The molecule has 4 amide bonds. The lowest BCUT2D eigenvalue weighted by atomic mass is 9.82. The monoisotopic (exact) mass is 842 g/mol. The van der Waals surface area contributed by atoms with E-state index in [4.69, 9.17) is 9.47 Å². The Morgan fingerprint density at radius 2 is 0.694 bits per heavy atom. The highest BCUT2D eigenvalue weighted by molar-refractivity contribution is 6.41. The summed E-state index contributed by atoms with van der Waals surface area (Å²) in [6, 6.07) is 14.9. The number of fused-ring (bicyclic) bond motifs is 2. The standard InChI is InChI=1S/C52H62N2O8/c1-3-5-7-13-19-33-61-43(55)21-15-9-11-17-31-53-49(57)39-27-23-35-37-25-29-41-48-42(30-26-38(46(37)48)36-24-28-40(50(53)58)47(39)45(35)36)52(60)54(51(41)59)32-18-12-10-16-22-44(56)62-34-20-14-8-6-4-2/h23-30H,3-22,31-34H2,1-2H3. The molecule has 10 heteroatoms. The lowest BCUT2D eigenvalue weighted by molar-refractivity contribution is -0.144. The van der Waals surface area contributed by atoms with Gasteiger partial charge in [0.15, 0.2) is 0 Å². The summed E-state index contributed by atoms with van der Waals surface area (Å²) in [5.41, 5.74) is 1.95. The number of ether oxygens (including phenoxy) is 2. The first-order chi connectivity index (χ1) is 30.3. The number of unbranched alkanes of at least 4 members (excludes halogenated alkanes) is 14. The Labute approximate surface area is 365 Å². The number of hydrogen-bond acceptors (Lipinski definition) is 8. The zero-order valence-electron chi connectivity index (χ0n) is 36.7. The largest absolute Gasteiger partial charge is 0.466 e. The Kier molecular flexibility index (Phi) is 15.2. The molecule has 0 saturated carbocycles. The molecule has 2 heterocycles. The number of carbonyl (C=O) groups is 6. The van der Waals surface area contributed by atoms with Crippen LogP contribution in [0.3, 0.4) is 0 Å². The fraction of sp³-hybridized carbons (Fsp3) is 0.500. The second-order valence-corrected chi connectivity index (χ2v) is 17.3. The molecule has 10 nitrogen and oxygen atoms in total. The molecule has 0 N–H and O–H groups in total. The van der Waals surface area contributed by atoms with E-state index in [2.05, 4.69) is 13.8 Å². The molecule has 0 fully saturated rings. The van der Waals surface area contributed by atoms with Crippen molar-refractivity contribution in [2.45, 2.75) is 142 Å². The number of carbonyl (C=O) groups excluding carboxylic acids is 6. The van der Waals surface area contributed by atoms with Gasteiger partial charge in [-0.3, -0.25) is 38.6 Å². The molecule has 5 aromatic carbocycles. The molecule has 0 bridgehead atoms. The zero-order valence-corrected chi connectivity index (χ0v) is 36.7. The van der Waals surface area contributed by atoms with Gasteiger partial charge in [-0.2, -0.15) is 0 Å². The van der Waals surface area contributed by atoms with Crippen LogP contribution in [0.4, 0.5) is 0 Å². The number of amides is 4. The maximum atomic E-state index is 14.0. The second kappa shape index (κ2) is 21.1. The number of imide groups is 2. The average molecular weight is 843 g/mol. The van der Waals surface area contributed by atoms with Gasteiger partial charge in [-0.1, -0.05) is 115 Å². The van der Waals surface area contributed by atoms with Crippen LogP contribution in [0.2, 0.25) is 0 Å². The van der Waals surface area contributed by atoms with Crippen LogP contribution in [0.5, 0.6) is 0 Å². The van der Waals surface area contributed by atoms with Crippen molar-refractivity contribution in [3.8, 4) is 0 Å². The lowest BCUT2D eigenvalue weighted by Gasteiger charge is -2.30. The van der Waals surface area contributed by atoms with Crippen molar-refractivity contribution in [1.82, 2.24) is 9.80 Å². The summed E-state index contributed by atoms with van der Waals surface area (Å²) in [5.74, 6) is -1.58. The van der Waals surface area contributed by atoms with E-state index in [0.717, 1.165) is 83.7 Å². The van der Waals surface area contributed by atoms with Crippen LogP contribution < -0.4 is 0 Å². The Morgan fingerprint density at radius 1 is 0.387 bits per heavy atom. The Balaban J connectivity index is 0.980. The summed E-state index contributed by atoms with van der Waals surface area (Å²) in [7, 11) is 0. The highest BCUT2D eigenvalue weighted by atomic mass is 16.5. The molecule has 5 aromatic rings. The van der Waals surface area contributed by atoms with Gasteiger partial charge in [-0.05, 0) is 95.1 Å². The number of nitrogens with zero attached hydrogens (tertiary/aromatic N) is 2. The van der Waals surface area contributed by atoms with Crippen molar-refractivity contribution in [2.75, 3.05) is 26.3 Å². The summed E-state index contributed by atoms with van der Waals surface area (Å²) < 4.78 is 10.7. The van der Waals surface area contributed by atoms with Gasteiger partial charge < -0.3 is 9.47 Å². The molecule has 2 aliphatic rings. The molecule has 7 rings (SSSR count). The number of hydrogen-bond donors (Lipinski definition) is 0. The highest BCUT2D eigenvalue weighted by Crippen LogP contribution is 2.46. The van der Waals surface area contributed by atoms with E-state index in [9.17, 15) is 28.8 Å². The minimum Gasteiger partial charge on any atom is -0.466 e. The maximum absolute atomic E-state index is 14.0. The summed E-state index contributed by atoms with van der Waals surface area (Å²) in [6.45, 7) is 5.91. The normalized spacial score (nSPS) is 13.8. The molecular weight excluding hydrogens is 781 g/mol. The van der Waals surface area contributed by atoms with Gasteiger partial charge in [-0.25, -0.2) is 0 Å². The smallest absolute Gasteiger partial charge is 0.305 e. The molecule has 0 atom stereocenters. The van der Waals surface area contributed by atoms with Crippen LogP contribution in [0.25, 0.3) is 43.1 Å². The van der Waals surface area contributed by atoms with E-state index in [1.165, 1.54) is 48.3 Å². The second-order valence-electron chi connectivity index (χ2n) is 17.3. The van der Waals surface area contributed by atoms with E-state index in [1.807, 2.05) is 24.3 Å². The first kappa shape index (κ1) is 44.7. The number of esters is 2. The average Bonchev–Trinajstić information content (AvgIpc) is 3.28. The minimum atomic E-state index is -0.313. The summed E-state index contributed by atoms with van der Waals surface area (Å²) >= 11 is 0. The van der Waals surface area contributed by atoms with E-state index >= 15 is 0 Å². The number of rotatable bonds is 26. The van der Waals surface area contributed by atoms with Crippen LogP contribution in [-0.2, 0) is 19.1 Å². The Hall–Kier alpha value is -5.38. The number of benzene rings is 5. The molecule has 0 unspecified atom stereocenters. The van der Waals surface area contributed by atoms with Gasteiger partial charge >= 0.3 is 11.9 Å². The van der Waals surface area contributed by atoms with E-state index in [1.54, 1.807) is 24.3 Å². The fourth-order valence-corrected chi connectivity index (χ4v) is 9.49. The molecule has 0 spiro atoms. The van der Waals surface area contributed by atoms with Gasteiger partial charge in [0, 0.05) is 59.0 Å². The molecule has 0 aromatic heterocycles. The third kappa shape index (κ3) is 9.49. The van der Waals surface area contributed by atoms with Gasteiger partial charge in [-0.15, -0.1) is 0 Å². The Morgan fingerprint density at radius 3 is 1.03 bits per heavy atom. The van der Waals surface area contributed by atoms with Crippen molar-refractivity contribution < 1.29 is 38.2 Å². The van der Waals surface area contributed by atoms with Crippen LogP contribution >= 0.6 is 0 Å². The zero-order chi connectivity index (χ0) is 43.6. The summed E-state index contributed by atoms with van der Waals surface area (Å²) in [4.78, 5) is 82.9. The molecule has 0 radical (unpaired) electrons. The first-order valence-electron chi connectivity index (χ1n) is 23.5. The predicted octanol–water partition coefficient (Wildman–Crippen LogP) is 11.9. The van der Waals surface area contributed by atoms with Gasteiger partial charge in [0.2, 0.25) is 0 Å². The SMILES string of the molecule is CCCCCCCOC(=O)CCCCCCN1C(=O)c2ccc3c4ccc5c6c(ccc(c7ccc(c2c37)C1=O)c64)C(=O)N(CCCCCCC(=O)OCCCCCCC)C5=O. The fourth-order valence-electron chi connectivity index (χ4n) is 9.49. The third-order valence-electron chi connectivity index (χ3n) is 12.9. The maximum Gasteiger partial charge on any atom is 0.305 e. The molecule has 62 heavy (non-hydrogen) atoms. The lowest BCUT2D eigenvalue weighted by Crippen LogP contribution is -2.41. The van der Waals surface area contributed by atoms with Crippen LogP contribution in [-0.4, -0.2) is 71.7 Å². The topological polar surface area (TPSA) is 127 Å². The first-order valence-corrected chi connectivity index (χ1v) is 23.5. The molecule has 328 valence electrons. The summed E-state index contributed by atoms with van der Waals surface area (Å²) in [5, 5.41) is 6.38. The van der Waals surface area contributed by atoms with Gasteiger partial charge in [0.05, 0.1) is 13.2 Å². The van der Waals surface area contributed by atoms with Crippen LogP contribution in [0, 0.1) is 0 Å². The van der Waals surface area contributed by atoms with E-state index < -0.39 is 0 Å². The predicted molar refractivity (Wildman–Crippen MR) is 244 cm³/mol. The van der Waals surface area contributed by atoms with Crippen molar-refractivity contribution in [3.63, 3.8) is 0 Å². The van der Waals surface area contributed by atoms with Gasteiger partial charge in [0.1, 0.15) is 0 Å². The molecule has 0 aliphatic carbocycles. The molecule has 2 aliphatic heterocycles. The van der Waals surface area contributed by atoms with Crippen molar-refractivity contribution in [2.24, 2.45) is 0 Å². The van der Waals surface area contributed by atoms with Crippen LogP contribution in [0.15, 0.2) is 48.5 Å². The van der Waals surface area contributed by atoms with Crippen LogP contribution in [0.1, 0.15) is 184 Å². The Bertz CT molecular complexity index is 2160. The quantitative estimate of drug-likeness (QED) is 0.0177. The molecular formula is C52H62N2O8.